The Morgan fingerprint density at radius 3 is 2.55 bits per heavy atom. The van der Waals surface area contributed by atoms with E-state index in [0.29, 0.717) is 25.2 Å². The summed E-state index contributed by atoms with van der Waals surface area (Å²) in [6, 6.07) is 1.11. The maximum Gasteiger partial charge on any atom is 0.0911 e. The Hall–Kier alpha value is -0.160. The van der Waals surface area contributed by atoms with Crippen molar-refractivity contribution in [3.8, 4) is 0 Å². The topological polar surface area (TPSA) is 44.7 Å². The zero-order valence-electron chi connectivity index (χ0n) is 13.6. The molecule has 0 amide bonds. The van der Waals surface area contributed by atoms with E-state index < -0.39 is 6.10 Å². The molecule has 20 heavy (non-hydrogen) atoms. The largest absolute Gasteiger partial charge is 0.389 e. The maximum atomic E-state index is 9.94. The van der Waals surface area contributed by atoms with E-state index in [1.807, 2.05) is 0 Å². The summed E-state index contributed by atoms with van der Waals surface area (Å²) in [7, 11) is 0. The third kappa shape index (κ3) is 7.02. The zero-order valence-corrected chi connectivity index (χ0v) is 13.6. The highest BCUT2D eigenvalue weighted by Gasteiger charge is 2.24. The molecule has 0 bridgehead atoms. The van der Waals surface area contributed by atoms with Crippen LogP contribution in [0.3, 0.4) is 0 Å². The fourth-order valence-electron chi connectivity index (χ4n) is 2.85. The molecule has 1 heterocycles. The fraction of sp³-hybridized carbons (Fsp3) is 1.00. The normalized spacial score (nSPS) is 25.8. The first-order valence-electron chi connectivity index (χ1n) is 8.42. The van der Waals surface area contributed by atoms with Crippen LogP contribution in [0.5, 0.6) is 0 Å². The Kier molecular flexibility index (Phi) is 9.44. The summed E-state index contributed by atoms with van der Waals surface area (Å²) in [5, 5.41) is 12.2. The van der Waals surface area contributed by atoms with Crippen LogP contribution in [0.4, 0.5) is 0 Å². The van der Waals surface area contributed by atoms with Crippen molar-refractivity contribution in [1.82, 2.24) is 10.4 Å². The van der Waals surface area contributed by atoms with Gasteiger partial charge in [0.15, 0.2) is 0 Å². The number of nitrogens with zero attached hydrogens (tertiary/aromatic N) is 1. The summed E-state index contributed by atoms with van der Waals surface area (Å²) < 4.78 is 5.53. The molecule has 0 radical (unpaired) electrons. The van der Waals surface area contributed by atoms with E-state index >= 15 is 0 Å². The minimum Gasteiger partial charge on any atom is -0.389 e. The van der Waals surface area contributed by atoms with E-state index in [0.717, 1.165) is 13.0 Å². The molecule has 0 aromatic rings. The van der Waals surface area contributed by atoms with Gasteiger partial charge in [0.05, 0.1) is 12.7 Å². The molecule has 1 saturated heterocycles. The number of ether oxygens (including phenoxy) is 1. The third-order valence-corrected chi connectivity index (χ3v) is 4.16. The summed E-state index contributed by atoms with van der Waals surface area (Å²) in [4.78, 5) is 0. The summed E-state index contributed by atoms with van der Waals surface area (Å²) in [6.45, 7) is 8.50. The highest BCUT2D eigenvalue weighted by Crippen LogP contribution is 2.19. The molecule has 0 aromatic heterocycles. The lowest BCUT2D eigenvalue weighted by Crippen LogP contribution is -2.54. The summed E-state index contributed by atoms with van der Waals surface area (Å²) in [5.74, 6) is 0. The Labute approximate surface area is 124 Å². The number of aliphatic hydroxyl groups is 1. The van der Waals surface area contributed by atoms with Crippen molar-refractivity contribution in [1.29, 1.82) is 0 Å². The highest BCUT2D eigenvalue weighted by atomic mass is 16.5. The summed E-state index contributed by atoms with van der Waals surface area (Å²) in [6.07, 6.45) is 8.23. The van der Waals surface area contributed by atoms with Crippen molar-refractivity contribution in [3.05, 3.63) is 0 Å². The van der Waals surface area contributed by atoms with Crippen molar-refractivity contribution in [2.24, 2.45) is 0 Å². The second-order valence-corrected chi connectivity index (χ2v) is 6.19. The quantitative estimate of drug-likeness (QED) is 0.606. The average molecular weight is 286 g/mol. The van der Waals surface area contributed by atoms with Gasteiger partial charge in [-0.25, -0.2) is 5.01 Å². The molecule has 1 aliphatic heterocycles. The van der Waals surface area contributed by atoms with Crippen LogP contribution in [0.2, 0.25) is 0 Å². The van der Waals surface area contributed by atoms with Gasteiger partial charge in [0.2, 0.25) is 0 Å². The van der Waals surface area contributed by atoms with Crippen LogP contribution in [-0.2, 0) is 4.74 Å². The van der Waals surface area contributed by atoms with Gasteiger partial charge in [-0.3, -0.25) is 5.43 Å². The minimum atomic E-state index is -0.414. The second-order valence-electron chi connectivity index (χ2n) is 6.19. The van der Waals surface area contributed by atoms with E-state index in [4.69, 9.17) is 4.74 Å². The first-order chi connectivity index (χ1) is 9.65. The summed E-state index contributed by atoms with van der Waals surface area (Å²) >= 11 is 0. The van der Waals surface area contributed by atoms with E-state index in [9.17, 15) is 5.11 Å². The molecule has 4 nitrogen and oxygen atoms in total. The molecule has 4 heteroatoms. The molecule has 0 aliphatic carbocycles. The van der Waals surface area contributed by atoms with Crippen LogP contribution in [-0.4, -0.2) is 48.1 Å². The molecule has 0 spiro atoms. The van der Waals surface area contributed by atoms with Gasteiger partial charge in [0.25, 0.3) is 0 Å². The van der Waals surface area contributed by atoms with Crippen LogP contribution < -0.4 is 5.43 Å². The molecule has 0 aromatic carbocycles. The number of piperidine rings is 1. The van der Waals surface area contributed by atoms with Crippen molar-refractivity contribution in [3.63, 3.8) is 0 Å². The lowest BCUT2D eigenvalue weighted by Gasteiger charge is -2.39. The zero-order chi connectivity index (χ0) is 14.8. The molecule has 120 valence electrons. The number of aliphatic hydroxyl groups excluding tert-OH is 1. The molecule has 3 unspecified atom stereocenters. The SMILES string of the molecule is CCCCCCOCC(O)CNN1C(C)CCCC1C. The standard InChI is InChI=1S/C16H34N2O2/c1-4-5-6-7-11-20-13-16(19)12-17-18-14(2)9-8-10-15(18)3/h14-17,19H,4-13H2,1-3H3. The van der Waals surface area contributed by atoms with Gasteiger partial charge in [-0.2, -0.15) is 0 Å². The van der Waals surface area contributed by atoms with Crippen molar-refractivity contribution in [2.75, 3.05) is 19.8 Å². The second kappa shape index (κ2) is 10.6. The molecular formula is C16H34N2O2. The summed E-state index contributed by atoms with van der Waals surface area (Å²) in [5.41, 5.74) is 3.39. The van der Waals surface area contributed by atoms with E-state index in [2.05, 4.69) is 31.2 Å². The smallest absolute Gasteiger partial charge is 0.0911 e. The maximum absolute atomic E-state index is 9.94. The predicted octanol–water partition coefficient (Wildman–Crippen LogP) is 2.71. The highest BCUT2D eigenvalue weighted by molar-refractivity contribution is 4.77. The van der Waals surface area contributed by atoms with Crippen molar-refractivity contribution < 1.29 is 9.84 Å². The monoisotopic (exact) mass is 286 g/mol. The first kappa shape index (κ1) is 17.9. The van der Waals surface area contributed by atoms with Gasteiger partial charge < -0.3 is 9.84 Å². The molecule has 1 aliphatic rings. The molecule has 0 saturated carbocycles. The van der Waals surface area contributed by atoms with E-state index in [-0.39, 0.29) is 0 Å². The Morgan fingerprint density at radius 1 is 1.20 bits per heavy atom. The molecule has 3 atom stereocenters. The van der Waals surface area contributed by atoms with Crippen LogP contribution >= 0.6 is 0 Å². The van der Waals surface area contributed by atoms with Crippen LogP contribution in [0.1, 0.15) is 65.7 Å². The average Bonchev–Trinajstić information content (AvgIpc) is 2.42. The van der Waals surface area contributed by atoms with Gasteiger partial charge in [0, 0.05) is 25.2 Å². The van der Waals surface area contributed by atoms with Crippen LogP contribution in [0.15, 0.2) is 0 Å². The van der Waals surface area contributed by atoms with Gasteiger partial charge in [-0.1, -0.05) is 32.6 Å². The van der Waals surface area contributed by atoms with Crippen molar-refractivity contribution in [2.45, 2.75) is 83.9 Å². The van der Waals surface area contributed by atoms with E-state index in [1.165, 1.54) is 38.5 Å². The first-order valence-corrected chi connectivity index (χ1v) is 8.42. The molecule has 1 rings (SSSR count). The van der Waals surface area contributed by atoms with Gasteiger partial charge in [0.1, 0.15) is 0 Å². The van der Waals surface area contributed by atoms with Gasteiger partial charge >= 0.3 is 0 Å². The predicted molar refractivity (Wildman–Crippen MR) is 83.6 cm³/mol. The van der Waals surface area contributed by atoms with Crippen LogP contribution in [0.25, 0.3) is 0 Å². The fourth-order valence-corrected chi connectivity index (χ4v) is 2.85. The molecular weight excluding hydrogens is 252 g/mol. The molecule has 1 fully saturated rings. The Bertz CT molecular complexity index is 229. The Balaban J connectivity index is 2.05. The number of hydrogen-bond donors (Lipinski definition) is 2. The molecule has 2 N–H and O–H groups in total. The Morgan fingerprint density at radius 2 is 1.90 bits per heavy atom. The lowest BCUT2D eigenvalue weighted by atomic mass is 10.00. The lowest BCUT2D eigenvalue weighted by molar-refractivity contribution is -0.00312. The number of hydrazine groups is 1. The minimum absolute atomic E-state index is 0.414. The van der Waals surface area contributed by atoms with Gasteiger partial charge in [-0.15, -0.1) is 0 Å². The number of unbranched alkanes of at least 4 members (excludes halogenated alkanes) is 3. The van der Waals surface area contributed by atoms with Crippen molar-refractivity contribution >= 4 is 0 Å². The van der Waals surface area contributed by atoms with Gasteiger partial charge in [-0.05, 0) is 33.1 Å². The third-order valence-electron chi connectivity index (χ3n) is 4.16. The van der Waals surface area contributed by atoms with Crippen LogP contribution in [0, 0.1) is 0 Å². The number of hydrogen-bond acceptors (Lipinski definition) is 4. The number of nitrogens with one attached hydrogen (secondary N) is 1. The van der Waals surface area contributed by atoms with E-state index in [1.54, 1.807) is 0 Å². The number of rotatable bonds is 10.